The minimum absolute atomic E-state index is 0.109. The molecule has 3 nitrogen and oxygen atoms in total. The first kappa shape index (κ1) is 10.4. The molecule has 1 atom stereocenters. The van der Waals surface area contributed by atoms with Gasteiger partial charge in [0.05, 0.1) is 6.04 Å². The summed E-state index contributed by atoms with van der Waals surface area (Å²) in [6.07, 6.45) is 3.70. The van der Waals surface area contributed by atoms with Gasteiger partial charge in [-0.3, -0.25) is 0 Å². The third-order valence-electron chi connectivity index (χ3n) is 2.63. The van der Waals surface area contributed by atoms with Crippen molar-refractivity contribution in [1.29, 1.82) is 0 Å². The van der Waals surface area contributed by atoms with Crippen LogP contribution in [-0.2, 0) is 7.05 Å². The van der Waals surface area contributed by atoms with Gasteiger partial charge in [-0.2, -0.15) is 0 Å². The van der Waals surface area contributed by atoms with Crippen LogP contribution in [0.2, 0.25) is 0 Å². The van der Waals surface area contributed by atoms with Crippen LogP contribution in [0.4, 0.5) is 0 Å². The summed E-state index contributed by atoms with van der Waals surface area (Å²) in [4.78, 5) is 6.78. The van der Waals surface area contributed by atoms with E-state index < -0.39 is 0 Å². The first-order chi connectivity index (χ1) is 7.09. The number of rotatable bonds is 2. The van der Waals surface area contributed by atoms with Crippen molar-refractivity contribution < 1.29 is 0 Å². The van der Waals surface area contributed by atoms with Gasteiger partial charge in [-0.1, -0.05) is 0 Å². The third kappa shape index (κ3) is 1.82. The lowest BCUT2D eigenvalue weighted by Crippen LogP contribution is -2.15. The molecule has 0 spiro atoms. The predicted molar refractivity (Wildman–Crippen MR) is 63.0 cm³/mol. The van der Waals surface area contributed by atoms with E-state index in [-0.39, 0.29) is 6.04 Å². The highest BCUT2D eigenvalue weighted by molar-refractivity contribution is 7.12. The van der Waals surface area contributed by atoms with E-state index >= 15 is 0 Å². The van der Waals surface area contributed by atoms with Gasteiger partial charge in [0.15, 0.2) is 0 Å². The minimum atomic E-state index is -0.109. The van der Waals surface area contributed by atoms with E-state index in [4.69, 9.17) is 5.73 Å². The maximum Gasteiger partial charge on any atom is 0.130 e. The van der Waals surface area contributed by atoms with Crippen molar-refractivity contribution in [3.05, 3.63) is 39.6 Å². The molecule has 4 heteroatoms. The molecule has 0 amide bonds. The molecule has 0 aromatic carbocycles. The lowest BCUT2D eigenvalue weighted by molar-refractivity contribution is 0.725. The number of nitrogens with two attached hydrogens (primary N) is 1. The summed E-state index contributed by atoms with van der Waals surface area (Å²) in [6.45, 7) is 4.23. The molecule has 0 aliphatic carbocycles. The van der Waals surface area contributed by atoms with Crippen molar-refractivity contribution >= 4 is 11.3 Å². The predicted octanol–water partition coefficient (Wildman–Crippen LogP) is 2.15. The SMILES string of the molecule is Cc1cc(C(N)c2nccn2C)sc1C. The van der Waals surface area contributed by atoms with Crippen molar-refractivity contribution in [2.75, 3.05) is 0 Å². The Hall–Kier alpha value is -1.13. The van der Waals surface area contributed by atoms with Gasteiger partial charge in [-0.15, -0.1) is 11.3 Å². The number of nitrogens with zero attached hydrogens (tertiary/aromatic N) is 2. The Morgan fingerprint density at radius 3 is 2.67 bits per heavy atom. The molecule has 0 aliphatic rings. The van der Waals surface area contributed by atoms with Crippen LogP contribution < -0.4 is 5.73 Å². The highest BCUT2D eigenvalue weighted by Gasteiger charge is 2.15. The molecule has 2 N–H and O–H groups in total. The van der Waals surface area contributed by atoms with E-state index in [1.165, 1.54) is 15.3 Å². The first-order valence-corrected chi connectivity index (χ1v) is 5.71. The molecule has 2 aromatic heterocycles. The molecule has 2 aromatic rings. The van der Waals surface area contributed by atoms with Gasteiger partial charge in [-0.05, 0) is 25.5 Å². The van der Waals surface area contributed by atoms with Crippen LogP contribution in [0.3, 0.4) is 0 Å². The summed E-state index contributed by atoms with van der Waals surface area (Å²) in [5, 5.41) is 0. The Labute approximate surface area is 93.6 Å². The van der Waals surface area contributed by atoms with Crippen LogP contribution in [0, 0.1) is 13.8 Å². The smallest absolute Gasteiger partial charge is 0.130 e. The van der Waals surface area contributed by atoms with Crippen molar-refractivity contribution in [2.45, 2.75) is 19.9 Å². The zero-order valence-electron chi connectivity index (χ0n) is 9.19. The van der Waals surface area contributed by atoms with Crippen LogP contribution in [-0.4, -0.2) is 9.55 Å². The number of hydrogen-bond acceptors (Lipinski definition) is 3. The van der Waals surface area contributed by atoms with Gasteiger partial charge in [0.2, 0.25) is 0 Å². The molecule has 80 valence electrons. The highest BCUT2D eigenvalue weighted by atomic mass is 32.1. The summed E-state index contributed by atoms with van der Waals surface area (Å²) >= 11 is 1.75. The lowest BCUT2D eigenvalue weighted by atomic mass is 10.2. The molecule has 1 unspecified atom stereocenters. The van der Waals surface area contributed by atoms with E-state index in [2.05, 4.69) is 24.9 Å². The topological polar surface area (TPSA) is 43.8 Å². The molecule has 0 saturated carbocycles. The standard InChI is InChI=1S/C11H15N3S/c1-7-6-9(15-8(7)2)10(12)11-13-4-5-14(11)3/h4-6,10H,12H2,1-3H3. The monoisotopic (exact) mass is 221 g/mol. The van der Waals surface area contributed by atoms with E-state index in [0.29, 0.717) is 0 Å². The van der Waals surface area contributed by atoms with Crippen LogP contribution in [0.5, 0.6) is 0 Å². The largest absolute Gasteiger partial charge is 0.336 e. The van der Waals surface area contributed by atoms with Crippen molar-refractivity contribution in [2.24, 2.45) is 12.8 Å². The normalized spacial score (nSPS) is 13.1. The molecule has 0 saturated heterocycles. The second-order valence-electron chi connectivity index (χ2n) is 3.76. The van der Waals surface area contributed by atoms with Gasteiger partial charge in [-0.25, -0.2) is 4.98 Å². The molecule has 0 radical (unpaired) electrons. The molecule has 2 heterocycles. The fraction of sp³-hybridized carbons (Fsp3) is 0.364. The Morgan fingerprint density at radius 2 is 2.20 bits per heavy atom. The van der Waals surface area contributed by atoms with E-state index in [1.54, 1.807) is 17.5 Å². The number of thiophene rings is 1. The van der Waals surface area contributed by atoms with E-state index in [0.717, 1.165) is 5.82 Å². The second-order valence-corrected chi connectivity index (χ2v) is 5.05. The summed E-state index contributed by atoms with van der Waals surface area (Å²) in [6, 6.07) is 2.04. The number of imidazole rings is 1. The summed E-state index contributed by atoms with van der Waals surface area (Å²) in [5.74, 6) is 0.913. The van der Waals surface area contributed by atoms with Gasteiger partial charge in [0.25, 0.3) is 0 Å². The second kappa shape index (κ2) is 3.79. The van der Waals surface area contributed by atoms with Crippen LogP contribution in [0.15, 0.2) is 18.5 Å². The molecular weight excluding hydrogens is 206 g/mol. The Kier molecular flexibility index (Phi) is 2.63. The van der Waals surface area contributed by atoms with Crippen molar-refractivity contribution in [3.8, 4) is 0 Å². The van der Waals surface area contributed by atoms with Gasteiger partial charge in [0.1, 0.15) is 5.82 Å². The average Bonchev–Trinajstić information content (AvgIpc) is 2.74. The van der Waals surface area contributed by atoms with E-state index in [1.807, 2.05) is 17.8 Å². The van der Waals surface area contributed by atoms with Gasteiger partial charge < -0.3 is 10.3 Å². The third-order valence-corrected chi connectivity index (χ3v) is 3.86. The Bertz CT molecular complexity index is 450. The maximum absolute atomic E-state index is 6.17. The van der Waals surface area contributed by atoms with Crippen LogP contribution in [0.25, 0.3) is 0 Å². The maximum atomic E-state index is 6.17. The zero-order valence-corrected chi connectivity index (χ0v) is 10.0. The molecule has 0 fully saturated rings. The number of hydrogen-bond donors (Lipinski definition) is 1. The molecule has 15 heavy (non-hydrogen) atoms. The van der Waals surface area contributed by atoms with Crippen LogP contribution in [0.1, 0.15) is 27.2 Å². The minimum Gasteiger partial charge on any atom is -0.336 e. The Morgan fingerprint density at radius 1 is 1.47 bits per heavy atom. The molecular formula is C11H15N3S. The van der Waals surface area contributed by atoms with Crippen LogP contribution >= 0.6 is 11.3 Å². The first-order valence-electron chi connectivity index (χ1n) is 4.89. The fourth-order valence-electron chi connectivity index (χ4n) is 1.56. The zero-order chi connectivity index (χ0) is 11.0. The summed E-state index contributed by atoms with van der Waals surface area (Å²) in [7, 11) is 1.97. The summed E-state index contributed by atoms with van der Waals surface area (Å²) < 4.78 is 1.97. The van der Waals surface area contributed by atoms with E-state index in [9.17, 15) is 0 Å². The van der Waals surface area contributed by atoms with Crippen molar-refractivity contribution in [1.82, 2.24) is 9.55 Å². The molecule has 2 rings (SSSR count). The lowest BCUT2D eigenvalue weighted by Gasteiger charge is -2.08. The highest BCUT2D eigenvalue weighted by Crippen LogP contribution is 2.28. The molecule has 0 aliphatic heterocycles. The Balaban J connectivity index is 2.36. The quantitative estimate of drug-likeness (QED) is 0.844. The average molecular weight is 221 g/mol. The molecule has 0 bridgehead atoms. The number of aryl methyl sites for hydroxylation is 3. The van der Waals surface area contributed by atoms with Gasteiger partial charge >= 0.3 is 0 Å². The van der Waals surface area contributed by atoms with Crippen molar-refractivity contribution in [3.63, 3.8) is 0 Å². The van der Waals surface area contributed by atoms with Gasteiger partial charge in [0, 0.05) is 29.2 Å². The number of aromatic nitrogens is 2. The fourth-order valence-corrected chi connectivity index (χ4v) is 2.60. The summed E-state index contributed by atoms with van der Waals surface area (Å²) in [5.41, 5.74) is 7.48.